The van der Waals surface area contributed by atoms with Gasteiger partial charge in [-0.25, -0.2) is 0 Å². The Morgan fingerprint density at radius 3 is 2.14 bits per heavy atom. The Kier molecular flexibility index (Phi) is 2.47. The lowest BCUT2D eigenvalue weighted by Crippen LogP contribution is -1.91. The van der Waals surface area contributed by atoms with E-state index in [4.69, 9.17) is 5.21 Å². The van der Waals surface area contributed by atoms with Gasteiger partial charge in [0.2, 0.25) is 0 Å². The predicted molar refractivity (Wildman–Crippen MR) is 57.3 cm³/mol. The van der Waals surface area contributed by atoms with Crippen LogP contribution in [0.1, 0.15) is 0 Å². The van der Waals surface area contributed by atoms with Crippen LogP contribution in [0, 0.1) is 0 Å². The quantitative estimate of drug-likeness (QED) is 0.704. The lowest BCUT2D eigenvalue weighted by atomic mass is 10.0. The molecule has 0 amide bonds. The Morgan fingerprint density at radius 1 is 0.786 bits per heavy atom. The third kappa shape index (κ3) is 1.60. The van der Waals surface area contributed by atoms with Crippen molar-refractivity contribution in [2.75, 3.05) is 5.48 Å². The Labute approximate surface area is 82.8 Å². The first-order valence-corrected chi connectivity index (χ1v) is 4.46. The summed E-state index contributed by atoms with van der Waals surface area (Å²) in [5.41, 5.74) is 5.00. The molecule has 0 atom stereocenters. The molecule has 0 heterocycles. The SMILES string of the molecule is ONc1ccccc1-c1ccccc1. The van der Waals surface area contributed by atoms with E-state index in [2.05, 4.69) is 5.48 Å². The second kappa shape index (κ2) is 3.94. The molecule has 0 aliphatic carbocycles. The van der Waals surface area contributed by atoms with Gasteiger partial charge >= 0.3 is 0 Å². The molecule has 0 radical (unpaired) electrons. The van der Waals surface area contributed by atoms with Crippen molar-refractivity contribution in [1.29, 1.82) is 0 Å². The molecule has 0 saturated carbocycles. The third-order valence-corrected chi connectivity index (χ3v) is 2.13. The van der Waals surface area contributed by atoms with Gasteiger partial charge in [0.1, 0.15) is 0 Å². The summed E-state index contributed by atoms with van der Waals surface area (Å²) in [6.45, 7) is 0. The molecule has 70 valence electrons. The average Bonchev–Trinajstić information content (AvgIpc) is 2.30. The summed E-state index contributed by atoms with van der Waals surface area (Å²) in [7, 11) is 0. The minimum atomic E-state index is 0.721. The Morgan fingerprint density at radius 2 is 1.43 bits per heavy atom. The molecule has 0 fully saturated rings. The highest BCUT2D eigenvalue weighted by atomic mass is 16.5. The lowest BCUT2D eigenvalue weighted by molar-refractivity contribution is 0.389. The van der Waals surface area contributed by atoms with Crippen LogP contribution in [0.15, 0.2) is 54.6 Å². The van der Waals surface area contributed by atoms with E-state index in [-0.39, 0.29) is 0 Å². The Bertz CT molecular complexity index is 412. The molecule has 0 unspecified atom stereocenters. The number of rotatable bonds is 2. The third-order valence-electron chi connectivity index (χ3n) is 2.13. The van der Waals surface area contributed by atoms with Crippen molar-refractivity contribution >= 4 is 5.69 Å². The number of anilines is 1. The summed E-state index contributed by atoms with van der Waals surface area (Å²) >= 11 is 0. The van der Waals surface area contributed by atoms with Gasteiger partial charge in [-0.15, -0.1) is 0 Å². The largest absolute Gasteiger partial charge is 0.291 e. The van der Waals surface area contributed by atoms with Crippen LogP contribution in [0.4, 0.5) is 5.69 Å². The van der Waals surface area contributed by atoms with Gasteiger partial charge < -0.3 is 0 Å². The summed E-state index contributed by atoms with van der Waals surface area (Å²) in [4.78, 5) is 0. The average molecular weight is 185 g/mol. The fourth-order valence-corrected chi connectivity index (χ4v) is 1.45. The van der Waals surface area contributed by atoms with Crippen LogP contribution in [-0.4, -0.2) is 5.21 Å². The van der Waals surface area contributed by atoms with Crippen molar-refractivity contribution in [1.82, 2.24) is 0 Å². The summed E-state index contributed by atoms with van der Waals surface area (Å²) < 4.78 is 0. The van der Waals surface area contributed by atoms with Crippen molar-refractivity contribution in [3.8, 4) is 11.1 Å². The zero-order valence-corrected chi connectivity index (χ0v) is 7.64. The lowest BCUT2D eigenvalue weighted by Gasteiger charge is -2.07. The normalized spacial score (nSPS) is 9.79. The number of para-hydroxylation sites is 1. The van der Waals surface area contributed by atoms with Gasteiger partial charge in [0, 0.05) is 5.56 Å². The molecule has 0 bridgehead atoms. The van der Waals surface area contributed by atoms with E-state index < -0.39 is 0 Å². The standard InChI is InChI=1S/C12H11NO/c14-13-12-9-5-4-8-11(12)10-6-2-1-3-7-10/h1-9,13-14H. The number of nitrogens with one attached hydrogen (secondary N) is 1. The molecule has 0 saturated heterocycles. The molecule has 2 heteroatoms. The van der Waals surface area contributed by atoms with Gasteiger partial charge in [0.15, 0.2) is 0 Å². The molecule has 14 heavy (non-hydrogen) atoms. The molecule has 2 aromatic carbocycles. The smallest absolute Gasteiger partial charge is 0.0680 e. The van der Waals surface area contributed by atoms with Gasteiger partial charge in [-0.1, -0.05) is 48.5 Å². The van der Waals surface area contributed by atoms with E-state index in [9.17, 15) is 0 Å². The van der Waals surface area contributed by atoms with Crippen LogP contribution >= 0.6 is 0 Å². The van der Waals surface area contributed by atoms with Gasteiger partial charge in [-0.3, -0.25) is 10.7 Å². The highest BCUT2D eigenvalue weighted by molar-refractivity contribution is 5.76. The second-order valence-electron chi connectivity index (χ2n) is 3.02. The van der Waals surface area contributed by atoms with E-state index in [0.29, 0.717) is 0 Å². The number of benzene rings is 2. The fraction of sp³-hybridized carbons (Fsp3) is 0. The minimum absolute atomic E-state index is 0.721. The predicted octanol–water partition coefficient (Wildman–Crippen LogP) is 3.15. The topological polar surface area (TPSA) is 32.3 Å². The van der Waals surface area contributed by atoms with Crippen LogP contribution in [-0.2, 0) is 0 Å². The fourth-order valence-electron chi connectivity index (χ4n) is 1.45. The molecule has 0 aliphatic rings. The van der Waals surface area contributed by atoms with Gasteiger partial charge in [-0.05, 0) is 11.6 Å². The van der Waals surface area contributed by atoms with Crippen molar-refractivity contribution in [2.45, 2.75) is 0 Å². The van der Waals surface area contributed by atoms with Crippen molar-refractivity contribution < 1.29 is 5.21 Å². The maximum atomic E-state index is 8.93. The molecule has 0 spiro atoms. The molecule has 2 N–H and O–H groups in total. The Balaban J connectivity index is 2.51. The molecule has 2 nitrogen and oxygen atoms in total. The number of hydrogen-bond acceptors (Lipinski definition) is 2. The first kappa shape index (κ1) is 8.78. The highest BCUT2D eigenvalue weighted by Gasteiger charge is 2.01. The summed E-state index contributed by atoms with van der Waals surface area (Å²) in [6, 6.07) is 17.6. The monoisotopic (exact) mass is 185 g/mol. The molecular weight excluding hydrogens is 174 g/mol. The maximum Gasteiger partial charge on any atom is 0.0680 e. The first-order valence-electron chi connectivity index (χ1n) is 4.46. The van der Waals surface area contributed by atoms with E-state index in [1.54, 1.807) is 0 Å². The van der Waals surface area contributed by atoms with Crippen LogP contribution < -0.4 is 5.48 Å². The van der Waals surface area contributed by atoms with Crippen molar-refractivity contribution in [2.24, 2.45) is 0 Å². The minimum Gasteiger partial charge on any atom is -0.291 e. The number of hydrogen-bond donors (Lipinski definition) is 2. The molecular formula is C12H11NO. The van der Waals surface area contributed by atoms with E-state index >= 15 is 0 Å². The molecule has 0 aromatic heterocycles. The highest BCUT2D eigenvalue weighted by Crippen LogP contribution is 2.26. The van der Waals surface area contributed by atoms with Gasteiger partial charge in [-0.2, -0.15) is 0 Å². The zero-order chi connectivity index (χ0) is 9.80. The van der Waals surface area contributed by atoms with Crippen LogP contribution in [0.5, 0.6) is 0 Å². The maximum absolute atomic E-state index is 8.93. The zero-order valence-electron chi connectivity index (χ0n) is 7.64. The summed E-state index contributed by atoms with van der Waals surface area (Å²) in [5, 5.41) is 8.93. The van der Waals surface area contributed by atoms with Crippen LogP contribution in [0.25, 0.3) is 11.1 Å². The van der Waals surface area contributed by atoms with Gasteiger partial charge in [0.25, 0.3) is 0 Å². The Hall–Kier alpha value is -1.80. The van der Waals surface area contributed by atoms with E-state index in [1.165, 1.54) is 0 Å². The van der Waals surface area contributed by atoms with Crippen LogP contribution in [0.2, 0.25) is 0 Å². The molecule has 2 aromatic rings. The van der Waals surface area contributed by atoms with E-state index in [0.717, 1.165) is 16.8 Å². The van der Waals surface area contributed by atoms with Gasteiger partial charge in [0.05, 0.1) is 5.69 Å². The summed E-state index contributed by atoms with van der Waals surface area (Å²) in [6.07, 6.45) is 0. The second-order valence-corrected chi connectivity index (χ2v) is 3.02. The molecule has 2 rings (SSSR count). The van der Waals surface area contributed by atoms with Crippen LogP contribution in [0.3, 0.4) is 0 Å². The van der Waals surface area contributed by atoms with Crippen molar-refractivity contribution in [3.05, 3.63) is 54.6 Å². The first-order chi connectivity index (χ1) is 6.92. The van der Waals surface area contributed by atoms with E-state index in [1.807, 2.05) is 54.6 Å². The summed E-state index contributed by atoms with van der Waals surface area (Å²) in [5.74, 6) is 0. The van der Waals surface area contributed by atoms with Crippen molar-refractivity contribution in [3.63, 3.8) is 0 Å². The molecule has 0 aliphatic heterocycles.